The van der Waals surface area contributed by atoms with Crippen molar-refractivity contribution >= 4 is 23.6 Å². The molecule has 2 aromatic rings. The number of amides is 1. The third kappa shape index (κ3) is 6.39. The molecule has 0 radical (unpaired) electrons. The molecule has 0 saturated heterocycles. The topological polar surface area (TPSA) is 56.8 Å². The minimum atomic E-state index is -0.212. The fraction of sp³-hybridized carbons (Fsp3) is 0.211. The Labute approximate surface area is 152 Å². The van der Waals surface area contributed by atoms with E-state index in [1.54, 1.807) is 44.6 Å². The van der Waals surface area contributed by atoms with Gasteiger partial charge in [-0.1, -0.05) is 17.7 Å². The molecule has 6 heteroatoms. The van der Waals surface area contributed by atoms with Crippen LogP contribution in [0.15, 0.2) is 48.5 Å². The number of carbonyl (C=O) groups excluding carboxylic acids is 1. The lowest BCUT2D eigenvalue weighted by molar-refractivity contribution is -0.116. The lowest BCUT2D eigenvalue weighted by Gasteiger charge is -2.07. The molecule has 132 valence electrons. The molecule has 0 bridgehead atoms. The number of ether oxygens (including phenoxy) is 3. The molecule has 0 atom stereocenters. The third-order valence-corrected chi connectivity index (χ3v) is 3.50. The molecule has 0 aliphatic rings. The first-order valence-electron chi connectivity index (χ1n) is 7.68. The molecule has 0 aromatic heterocycles. The van der Waals surface area contributed by atoms with E-state index in [1.807, 2.05) is 18.2 Å². The Kier molecular flexibility index (Phi) is 7.16. The van der Waals surface area contributed by atoms with E-state index >= 15 is 0 Å². The van der Waals surface area contributed by atoms with Crippen LogP contribution >= 0.6 is 11.6 Å². The lowest BCUT2D eigenvalue weighted by Crippen LogP contribution is -2.26. The van der Waals surface area contributed by atoms with Crippen molar-refractivity contribution in [2.24, 2.45) is 0 Å². The fourth-order valence-electron chi connectivity index (χ4n) is 2.06. The van der Waals surface area contributed by atoms with Gasteiger partial charge in [0.25, 0.3) is 0 Å². The van der Waals surface area contributed by atoms with Gasteiger partial charge in [0.05, 0.1) is 20.8 Å². The highest BCUT2D eigenvalue weighted by atomic mass is 35.5. The van der Waals surface area contributed by atoms with Crippen molar-refractivity contribution in [3.63, 3.8) is 0 Å². The van der Waals surface area contributed by atoms with Gasteiger partial charge in [-0.15, -0.1) is 0 Å². The summed E-state index contributed by atoms with van der Waals surface area (Å²) in [6.45, 7) is 0.740. The average Bonchev–Trinajstić information content (AvgIpc) is 2.63. The molecule has 25 heavy (non-hydrogen) atoms. The Morgan fingerprint density at radius 1 is 1.08 bits per heavy atom. The summed E-state index contributed by atoms with van der Waals surface area (Å²) in [6.07, 6.45) is 3.14. The Morgan fingerprint density at radius 2 is 1.80 bits per heavy atom. The van der Waals surface area contributed by atoms with Crippen molar-refractivity contribution in [1.82, 2.24) is 5.32 Å². The monoisotopic (exact) mass is 361 g/mol. The smallest absolute Gasteiger partial charge is 0.244 e. The third-order valence-electron chi connectivity index (χ3n) is 3.27. The summed E-state index contributed by atoms with van der Waals surface area (Å²) in [4.78, 5) is 11.9. The van der Waals surface area contributed by atoms with E-state index in [4.69, 9.17) is 25.8 Å². The summed E-state index contributed by atoms with van der Waals surface area (Å²) in [5.74, 6) is 1.78. The Bertz CT molecular complexity index is 724. The van der Waals surface area contributed by atoms with E-state index in [0.717, 1.165) is 5.56 Å². The maximum absolute atomic E-state index is 11.9. The minimum Gasteiger partial charge on any atom is -0.497 e. The zero-order valence-corrected chi connectivity index (χ0v) is 14.9. The van der Waals surface area contributed by atoms with Crippen LogP contribution in [0.25, 0.3) is 6.08 Å². The number of benzene rings is 2. The average molecular weight is 362 g/mol. The molecule has 0 aliphatic heterocycles. The number of hydrogen-bond donors (Lipinski definition) is 1. The minimum absolute atomic E-state index is 0.212. The van der Waals surface area contributed by atoms with Crippen LogP contribution in [0.1, 0.15) is 5.56 Å². The summed E-state index contributed by atoms with van der Waals surface area (Å²) in [5, 5.41) is 3.36. The summed E-state index contributed by atoms with van der Waals surface area (Å²) >= 11 is 5.87. The van der Waals surface area contributed by atoms with Crippen LogP contribution in [-0.4, -0.2) is 33.3 Å². The Morgan fingerprint density at radius 3 is 2.44 bits per heavy atom. The van der Waals surface area contributed by atoms with E-state index < -0.39 is 0 Å². The summed E-state index contributed by atoms with van der Waals surface area (Å²) in [6, 6.07) is 12.5. The molecule has 0 spiro atoms. The molecular formula is C19H20ClNO4. The van der Waals surface area contributed by atoms with Crippen LogP contribution in [0.5, 0.6) is 17.2 Å². The predicted molar refractivity (Wildman–Crippen MR) is 98.5 cm³/mol. The Balaban J connectivity index is 1.80. The predicted octanol–water partition coefficient (Wildman–Crippen LogP) is 3.57. The number of carbonyl (C=O) groups is 1. The van der Waals surface area contributed by atoms with E-state index in [1.165, 1.54) is 6.08 Å². The van der Waals surface area contributed by atoms with Crippen LogP contribution in [0, 0.1) is 0 Å². The largest absolute Gasteiger partial charge is 0.497 e. The molecule has 0 heterocycles. The van der Waals surface area contributed by atoms with Gasteiger partial charge in [-0.3, -0.25) is 4.79 Å². The summed E-state index contributed by atoms with van der Waals surface area (Å²) in [5.41, 5.74) is 0.807. The van der Waals surface area contributed by atoms with Crippen LogP contribution in [0.3, 0.4) is 0 Å². The highest BCUT2D eigenvalue weighted by Gasteiger charge is 2.01. The second-order valence-electron chi connectivity index (χ2n) is 5.08. The van der Waals surface area contributed by atoms with Crippen molar-refractivity contribution in [2.45, 2.75) is 0 Å². The standard InChI is InChI=1S/C19H20ClNO4/c1-23-17-10-14(11-18(13-17)24-2)6-7-19(22)21-8-9-25-16-5-3-4-15(20)12-16/h3-7,10-13H,8-9H2,1-2H3,(H,21,22)/b7-6+. The maximum atomic E-state index is 11.9. The quantitative estimate of drug-likeness (QED) is 0.577. The first-order chi connectivity index (χ1) is 12.1. The van der Waals surface area contributed by atoms with Gasteiger partial charge in [0.1, 0.15) is 23.9 Å². The van der Waals surface area contributed by atoms with Gasteiger partial charge >= 0.3 is 0 Å². The van der Waals surface area contributed by atoms with Crippen molar-refractivity contribution < 1.29 is 19.0 Å². The second-order valence-corrected chi connectivity index (χ2v) is 5.51. The summed E-state index contributed by atoms with van der Waals surface area (Å²) < 4.78 is 15.9. The molecule has 0 aliphatic carbocycles. The fourth-order valence-corrected chi connectivity index (χ4v) is 2.24. The van der Waals surface area contributed by atoms with Crippen LogP contribution in [-0.2, 0) is 4.79 Å². The van der Waals surface area contributed by atoms with Gasteiger partial charge in [0, 0.05) is 17.2 Å². The number of methoxy groups -OCH3 is 2. The molecule has 2 aromatic carbocycles. The van der Waals surface area contributed by atoms with Gasteiger partial charge in [-0.2, -0.15) is 0 Å². The molecule has 1 amide bonds. The van der Waals surface area contributed by atoms with E-state index in [-0.39, 0.29) is 5.91 Å². The number of halogens is 1. The first-order valence-corrected chi connectivity index (χ1v) is 8.06. The van der Waals surface area contributed by atoms with Crippen LogP contribution in [0.4, 0.5) is 0 Å². The molecule has 1 N–H and O–H groups in total. The maximum Gasteiger partial charge on any atom is 0.244 e. The van der Waals surface area contributed by atoms with Crippen LogP contribution < -0.4 is 19.5 Å². The number of rotatable bonds is 8. The normalized spacial score (nSPS) is 10.5. The molecule has 2 rings (SSSR count). The van der Waals surface area contributed by atoms with Gasteiger partial charge in [0.15, 0.2) is 0 Å². The second kappa shape index (κ2) is 9.59. The van der Waals surface area contributed by atoms with Gasteiger partial charge in [0.2, 0.25) is 5.91 Å². The Hall–Kier alpha value is -2.66. The molecular weight excluding hydrogens is 342 g/mol. The number of nitrogens with one attached hydrogen (secondary N) is 1. The molecule has 5 nitrogen and oxygen atoms in total. The SMILES string of the molecule is COc1cc(/C=C/C(=O)NCCOc2cccc(Cl)c2)cc(OC)c1. The number of hydrogen-bond acceptors (Lipinski definition) is 4. The van der Waals surface area contributed by atoms with Crippen molar-refractivity contribution in [3.05, 3.63) is 59.1 Å². The molecule has 0 saturated carbocycles. The van der Waals surface area contributed by atoms with Gasteiger partial charge < -0.3 is 19.5 Å². The van der Waals surface area contributed by atoms with Crippen molar-refractivity contribution in [3.8, 4) is 17.2 Å². The van der Waals surface area contributed by atoms with Gasteiger partial charge in [-0.25, -0.2) is 0 Å². The zero-order valence-electron chi connectivity index (χ0n) is 14.1. The van der Waals surface area contributed by atoms with Crippen LogP contribution in [0.2, 0.25) is 5.02 Å². The van der Waals surface area contributed by atoms with Gasteiger partial charge in [-0.05, 0) is 42.0 Å². The first kappa shape index (κ1) is 18.7. The van der Waals surface area contributed by atoms with E-state index in [0.29, 0.717) is 35.4 Å². The highest BCUT2D eigenvalue weighted by molar-refractivity contribution is 6.30. The highest BCUT2D eigenvalue weighted by Crippen LogP contribution is 2.23. The summed E-state index contributed by atoms with van der Waals surface area (Å²) in [7, 11) is 3.16. The van der Waals surface area contributed by atoms with Crippen molar-refractivity contribution in [2.75, 3.05) is 27.4 Å². The lowest BCUT2D eigenvalue weighted by atomic mass is 10.2. The molecule has 0 unspecified atom stereocenters. The molecule has 0 fully saturated rings. The van der Waals surface area contributed by atoms with E-state index in [2.05, 4.69) is 5.32 Å². The zero-order chi connectivity index (χ0) is 18.1. The van der Waals surface area contributed by atoms with Crippen molar-refractivity contribution in [1.29, 1.82) is 0 Å². The van der Waals surface area contributed by atoms with E-state index in [9.17, 15) is 4.79 Å².